The second-order valence-electron chi connectivity index (χ2n) is 7.08. The molecule has 4 nitrogen and oxygen atoms in total. The average molecular weight is 380 g/mol. The lowest BCUT2D eigenvalue weighted by Gasteiger charge is -2.14. The molecule has 138 valence electrons. The topological polar surface area (TPSA) is 46.9 Å². The Balaban J connectivity index is 1.51. The summed E-state index contributed by atoms with van der Waals surface area (Å²) in [5, 5.41) is 8.57. The van der Waals surface area contributed by atoms with Gasteiger partial charge in [0.05, 0.1) is 23.8 Å². The molecular formula is C22H22ClN3O. The van der Waals surface area contributed by atoms with E-state index in [9.17, 15) is 4.79 Å². The molecule has 0 aliphatic heterocycles. The number of nitrogens with zero attached hydrogens (tertiary/aromatic N) is 2. The van der Waals surface area contributed by atoms with Gasteiger partial charge in [-0.1, -0.05) is 35.9 Å². The lowest BCUT2D eigenvalue weighted by molar-refractivity contribution is -0.121. The fourth-order valence-corrected chi connectivity index (χ4v) is 4.09. The Hall–Kier alpha value is -2.59. The standard InChI is InChI=1S/C22H22ClN3O/c1-14-20(15(2)26(25-14)18-6-4-3-5-7-18)13-22(27)24-21-11-8-16-12-17(23)9-10-19(16)21/h3-7,9-10,12,21H,8,11,13H2,1-2H3,(H,24,27). The number of nitrogens with one attached hydrogen (secondary N) is 1. The molecule has 2 aromatic carbocycles. The molecule has 1 unspecified atom stereocenters. The number of para-hydroxylation sites is 1. The molecular weight excluding hydrogens is 358 g/mol. The highest BCUT2D eigenvalue weighted by Gasteiger charge is 2.25. The second-order valence-corrected chi connectivity index (χ2v) is 7.51. The zero-order valence-electron chi connectivity index (χ0n) is 15.5. The SMILES string of the molecule is Cc1nn(-c2ccccc2)c(C)c1CC(=O)NC1CCc2cc(Cl)ccc21. The monoisotopic (exact) mass is 379 g/mol. The first kappa shape index (κ1) is 17.8. The highest BCUT2D eigenvalue weighted by atomic mass is 35.5. The van der Waals surface area contributed by atoms with E-state index in [0.717, 1.165) is 40.5 Å². The number of hydrogen-bond donors (Lipinski definition) is 1. The van der Waals surface area contributed by atoms with Crippen molar-refractivity contribution >= 4 is 17.5 Å². The van der Waals surface area contributed by atoms with Crippen molar-refractivity contribution in [2.75, 3.05) is 0 Å². The van der Waals surface area contributed by atoms with Crippen molar-refractivity contribution in [2.24, 2.45) is 0 Å². The Bertz CT molecular complexity index is 994. The number of halogens is 1. The Morgan fingerprint density at radius 1 is 1.22 bits per heavy atom. The summed E-state index contributed by atoms with van der Waals surface area (Å²) in [6, 6.07) is 16.0. The molecule has 1 aromatic heterocycles. The molecule has 1 heterocycles. The molecule has 1 N–H and O–H groups in total. The van der Waals surface area contributed by atoms with Crippen LogP contribution < -0.4 is 5.32 Å². The van der Waals surface area contributed by atoms with Gasteiger partial charge in [0, 0.05) is 16.3 Å². The third kappa shape index (κ3) is 3.50. The van der Waals surface area contributed by atoms with Crippen LogP contribution in [0, 0.1) is 13.8 Å². The van der Waals surface area contributed by atoms with Gasteiger partial charge in [-0.15, -0.1) is 0 Å². The number of aromatic nitrogens is 2. The number of hydrogen-bond acceptors (Lipinski definition) is 2. The van der Waals surface area contributed by atoms with E-state index < -0.39 is 0 Å². The fraction of sp³-hybridized carbons (Fsp3) is 0.273. The quantitative estimate of drug-likeness (QED) is 0.726. The van der Waals surface area contributed by atoms with Crippen molar-refractivity contribution in [1.82, 2.24) is 15.1 Å². The Morgan fingerprint density at radius 3 is 2.78 bits per heavy atom. The van der Waals surface area contributed by atoms with E-state index in [0.29, 0.717) is 6.42 Å². The highest BCUT2D eigenvalue weighted by molar-refractivity contribution is 6.30. The van der Waals surface area contributed by atoms with Gasteiger partial charge >= 0.3 is 0 Å². The minimum Gasteiger partial charge on any atom is -0.349 e. The van der Waals surface area contributed by atoms with Crippen molar-refractivity contribution in [1.29, 1.82) is 0 Å². The van der Waals surface area contributed by atoms with E-state index >= 15 is 0 Å². The van der Waals surface area contributed by atoms with Gasteiger partial charge in [0.15, 0.2) is 0 Å². The van der Waals surface area contributed by atoms with Gasteiger partial charge in [-0.25, -0.2) is 4.68 Å². The van der Waals surface area contributed by atoms with Gasteiger partial charge < -0.3 is 5.32 Å². The van der Waals surface area contributed by atoms with Crippen molar-refractivity contribution in [3.8, 4) is 5.69 Å². The summed E-state index contributed by atoms with van der Waals surface area (Å²) in [5.74, 6) is 0.0293. The first-order chi connectivity index (χ1) is 13.0. The first-order valence-electron chi connectivity index (χ1n) is 9.21. The zero-order chi connectivity index (χ0) is 19.0. The van der Waals surface area contributed by atoms with E-state index in [1.165, 1.54) is 11.1 Å². The molecule has 0 bridgehead atoms. The van der Waals surface area contributed by atoms with Crippen molar-refractivity contribution in [3.05, 3.63) is 81.6 Å². The molecule has 0 fully saturated rings. The lowest BCUT2D eigenvalue weighted by Crippen LogP contribution is -2.28. The van der Waals surface area contributed by atoms with Crippen LogP contribution in [0.5, 0.6) is 0 Å². The molecule has 4 rings (SSSR count). The van der Waals surface area contributed by atoms with Crippen molar-refractivity contribution in [3.63, 3.8) is 0 Å². The largest absolute Gasteiger partial charge is 0.349 e. The van der Waals surface area contributed by atoms with E-state index in [4.69, 9.17) is 11.6 Å². The van der Waals surface area contributed by atoms with Gasteiger partial charge in [0.1, 0.15) is 0 Å². The van der Waals surface area contributed by atoms with Crippen molar-refractivity contribution in [2.45, 2.75) is 39.2 Å². The van der Waals surface area contributed by atoms with E-state index in [-0.39, 0.29) is 11.9 Å². The molecule has 0 spiro atoms. The first-order valence-corrected chi connectivity index (χ1v) is 9.59. The number of aryl methyl sites for hydroxylation is 2. The van der Waals surface area contributed by atoms with Gasteiger partial charge in [-0.2, -0.15) is 5.10 Å². The van der Waals surface area contributed by atoms with Gasteiger partial charge in [-0.05, 0) is 62.1 Å². The van der Waals surface area contributed by atoms with Crippen LogP contribution >= 0.6 is 11.6 Å². The smallest absolute Gasteiger partial charge is 0.225 e. The van der Waals surface area contributed by atoms with E-state index in [2.05, 4.69) is 10.4 Å². The molecule has 27 heavy (non-hydrogen) atoms. The molecule has 1 atom stereocenters. The number of carbonyl (C=O) groups excluding carboxylic acids is 1. The van der Waals surface area contributed by atoms with Crippen LogP contribution in [0.1, 0.15) is 40.5 Å². The van der Waals surface area contributed by atoms with Crippen LogP contribution in [0.2, 0.25) is 5.02 Å². The van der Waals surface area contributed by atoms with Gasteiger partial charge in [0.2, 0.25) is 5.91 Å². The molecule has 1 amide bonds. The maximum Gasteiger partial charge on any atom is 0.225 e. The summed E-state index contributed by atoms with van der Waals surface area (Å²) in [7, 11) is 0. The molecule has 0 saturated heterocycles. The Labute approximate surface area is 164 Å². The summed E-state index contributed by atoms with van der Waals surface area (Å²) in [4.78, 5) is 12.7. The molecule has 0 saturated carbocycles. The minimum absolute atomic E-state index is 0.0293. The highest BCUT2D eigenvalue weighted by Crippen LogP contribution is 2.33. The van der Waals surface area contributed by atoms with Crippen LogP contribution in [-0.4, -0.2) is 15.7 Å². The van der Waals surface area contributed by atoms with Gasteiger partial charge in [-0.3, -0.25) is 4.79 Å². The van der Waals surface area contributed by atoms with Gasteiger partial charge in [0.25, 0.3) is 0 Å². The minimum atomic E-state index is 0.0293. The predicted molar refractivity (Wildman–Crippen MR) is 107 cm³/mol. The number of fused-ring (bicyclic) bond motifs is 1. The van der Waals surface area contributed by atoms with E-state index in [1.807, 2.05) is 67.1 Å². The average Bonchev–Trinajstić information content (AvgIpc) is 3.17. The number of rotatable bonds is 4. The Morgan fingerprint density at radius 2 is 2.00 bits per heavy atom. The van der Waals surface area contributed by atoms with Crippen LogP contribution in [0.25, 0.3) is 5.69 Å². The van der Waals surface area contributed by atoms with Crippen LogP contribution in [0.4, 0.5) is 0 Å². The lowest BCUT2D eigenvalue weighted by atomic mass is 10.1. The predicted octanol–water partition coefficient (Wildman–Crippen LogP) is 4.49. The van der Waals surface area contributed by atoms with Crippen LogP contribution in [0.15, 0.2) is 48.5 Å². The molecule has 1 aliphatic rings. The summed E-state index contributed by atoms with van der Waals surface area (Å²) < 4.78 is 1.91. The molecule has 1 aliphatic carbocycles. The Kier molecular flexibility index (Phi) is 4.75. The van der Waals surface area contributed by atoms with E-state index in [1.54, 1.807) is 0 Å². The van der Waals surface area contributed by atoms with Crippen LogP contribution in [0.3, 0.4) is 0 Å². The fourth-order valence-electron chi connectivity index (χ4n) is 3.89. The number of benzene rings is 2. The normalized spacial score (nSPS) is 15.6. The maximum absolute atomic E-state index is 12.7. The summed E-state index contributed by atoms with van der Waals surface area (Å²) in [6.45, 7) is 3.98. The van der Waals surface area contributed by atoms with Crippen molar-refractivity contribution < 1.29 is 4.79 Å². The number of carbonyl (C=O) groups is 1. The summed E-state index contributed by atoms with van der Waals surface area (Å²) in [6.07, 6.45) is 2.21. The third-order valence-corrected chi connectivity index (χ3v) is 5.53. The summed E-state index contributed by atoms with van der Waals surface area (Å²) in [5.41, 5.74) is 6.31. The molecule has 0 radical (unpaired) electrons. The number of amides is 1. The zero-order valence-corrected chi connectivity index (χ0v) is 16.3. The molecule has 3 aromatic rings. The van der Waals surface area contributed by atoms with Crippen LogP contribution in [-0.2, 0) is 17.6 Å². The second kappa shape index (κ2) is 7.20. The maximum atomic E-state index is 12.7. The summed E-state index contributed by atoms with van der Waals surface area (Å²) >= 11 is 6.08. The third-order valence-electron chi connectivity index (χ3n) is 5.30. The molecule has 5 heteroatoms.